The quantitative estimate of drug-likeness (QED) is 0.544. The fraction of sp³-hybridized carbons (Fsp3) is 0.333. The van der Waals surface area contributed by atoms with Crippen molar-refractivity contribution in [1.29, 1.82) is 0 Å². The van der Waals surface area contributed by atoms with Crippen LogP contribution in [-0.2, 0) is 4.79 Å². The molecule has 0 aromatic carbocycles. The van der Waals surface area contributed by atoms with Gasteiger partial charge in [-0.2, -0.15) is 0 Å². The van der Waals surface area contributed by atoms with Gasteiger partial charge in [-0.1, -0.05) is 0 Å². The highest BCUT2D eigenvalue weighted by Gasteiger charge is 2.24. The molecule has 6 heteroatoms. The van der Waals surface area contributed by atoms with Crippen LogP contribution in [0.3, 0.4) is 0 Å². The Morgan fingerprint density at radius 1 is 1.47 bits per heavy atom. The third-order valence-electron chi connectivity index (χ3n) is 1.84. The summed E-state index contributed by atoms with van der Waals surface area (Å²) in [5.74, 6) is -1.52. The monoisotopic (exact) mass is 213 g/mol. The predicted molar refractivity (Wildman–Crippen MR) is 49.1 cm³/mol. The number of carbonyl (C=O) groups is 1. The molecule has 0 bridgehead atoms. The molecule has 1 heterocycles. The number of rotatable bonds is 4. The number of carboxylic acids is 1. The zero-order valence-electron chi connectivity index (χ0n) is 7.74. The van der Waals surface area contributed by atoms with E-state index in [-0.39, 0.29) is 11.4 Å². The van der Waals surface area contributed by atoms with Crippen LogP contribution < -0.4 is 0 Å². The maximum Gasteiger partial charge on any atom is 0.306 e. The minimum Gasteiger partial charge on any atom is -0.506 e. The van der Waals surface area contributed by atoms with Crippen LogP contribution in [0.5, 0.6) is 5.75 Å². The first-order valence-electron chi connectivity index (χ1n) is 4.24. The van der Waals surface area contributed by atoms with Crippen LogP contribution in [-0.4, -0.2) is 37.5 Å². The Balaban J connectivity index is 2.80. The molecule has 1 rings (SSSR count). The lowest BCUT2D eigenvalue weighted by Crippen LogP contribution is -2.22. The van der Waals surface area contributed by atoms with Crippen molar-refractivity contribution in [3.8, 4) is 5.75 Å². The van der Waals surface area contributed by atoms with Gasteiger partial charge in [0.2, 0.25) is 0 Å². The van der Waals surface area contributed by atoms with Crippen LogP contribution >= 0.6 is 0 Å². The van der Waals surface area contributed by atoms with Crippen molar-refractivity contribution < 1.29 is 25.2 Å². The van der Waals surface area contributed by atoms with Gasteiger partial charge in [-0.05, 0) is 12.1 Å². The van der Waals surface area contributed by atoms with Gasteiger partial charge in [-0.15, -0.1) is 0 Å². The van der Waals surface area contributed by atoms with E-state index >= 15 is 0 Å². The van der Waals surface area contributed by atoms with Gasteiger partial charge in [0, 0.05) is 6.20 Å². The zero-order chi connectivity index (χ0) is 11.4. The fourth-order valence-electron chi connectivity index (χ4n) is 1.11. The molecule has 0 aliphatic rings. The molecule has 82 valence electrons. The van der Waals surface area contributed by atoms with E-state index in [9.17, 15) is 20.1 Å². The number of hydrogen-bond acceptors (Lipinski definition) is 5. The molecule has 1 aromatic heterocycles. The van der Waals surface area contributed by atoms with E-state index in [4.69, 9.17) is 5.11 Å². The third kappa shape index (κ3) is 2.90. The topological polar surface area (TPSA) is 111 Å². The van der Waals surface area contributed by atoms with Gasteiger partial charge in [0.15, 0.2) is 0 Å². The molecule has 0 spiro atoms. The molecule has 0 saturated heterocycles. The van der Waals surface area contributed by atoms with E-state index in [0.717, 1.165) is 0 Å². The van der Waals surface area contributed by atoms with E-state index in [2.05, 4.69) is 4.98 Å². The number of nitrogens with zero attached hydrogens (tertiary/aromatic N) is 1. The molecule has 0 radical (unpaired) electrons. The molecule has 2 unspecified atom stereocenters. The fourth-order valence-corrected chi connectivity index (χ4v) is 1.11. The Morgan fingerprint density at radius 3 is 2.67 bits per heavy atom. The minimum atomic E-state index is -1.51. The van der Waals surface area contributed by atoms with Gasteiger partial charge in [0.05, 0.1) is 12.5 Å². The molecule has 6 nitrogen and oxygen atoms in total. The van der Waals surface area contributed by atoms with Crippen molar-refractivity contribution >= 4 is 5.97 Å². The maximum absolute atomic E-state index is 10.3. The summed E-state index contributed by atoms with van der Waals surface area (Å²) in [4.78, 5) is 13.9. The summed E-state index contributed by atoms with van der Waals surface area (Å²) in [6.45, 7) is 0. The van der Waals surface area contributed by atoms with Crippen molar-refractivity contribution in [3.05, 3.63) is 24.0 Å². The zero-order valence-corrected chi connectivity index (χ0v) is 7.74. The van der Waals surface area contributed by atoms with E-state index in [1.807, 2.05) is 0 Å². The van der Waals surface area contributed by atoms with Crippen LogP contribution in [0.1, 0.15) is 18.2 Å². The largest absolute Gasteiger partial charge is 0.506 e. The van der Waals surface area contributed by atoms with Gasteiger partial charge < -0.3 is 20.4 Å². The minimum absolute atomic E-state index is 0.133. The highest BCUT2D eigenvalue weighted by molar-refractivity contribution is 5.67. The Morgan fingerprint density at radius 2 is 2.13 bits per heavy atom. The summed E-state index contributed by atoms with van der Waals surface area (Å²) in [5, 5.41) is 36.4. The Bertz CT molecular complexity index is 354. The normalized spacial score (nSPS) is 14.5. The molecular weight excluding hydrogens is 202 g/mol. The van der Waals surface area contributed by atoms with Crippen LogP contribution in [0.25, 0.3) is 0 Å². The smallest absolute Gasteiger partial charge is 0.306 e. The van der Waals surface area contributed by atoms with Crippen molar-refractivity contribution in [3.63, 3.8) is 0 Å². The van der Waals surface area contributed by atoms with Crippen molar-refractivity contribution in [1.82, 2.24) is 4.98 Å². The number of aliphatic hydroxyl groups is 2. The number of aromatic nitrogens is 1. The summed E-state index contributed by atoms with van der Waals surface area (Å²) in [6.07, 6.45) is -2.30. The van der Waals surface area contributed by atoms with Gasteiger partial charge in [-0.25, -0.2) is 0 Å². The number of aliphatic hydroxyl groups excluding tert-OH is 2. The Kier molecular flexibility index (Phi) is 3.59. The SMILES string of the molecule is O=C(O)CC(O)C(O)c1ncccc1O. The van der Waals surface area contributed by atoms with Crippen LogP contribution in [0.2, 0.25) is 0 Å². The van der Waals surface area contributed by atoms with Crippen molar-refractivity contribution in [2.45, 2.75) is 18.6 Å². The lowest BCUT2D eigenvalue weighted by molar-refractivity contribution is -0.141. The first-order valence-corrected chi connectivity index (χ1v) is 4.24. The molecule has 0 fully saturated rings. The average molecular weight is 213 g/mol. The molecule has 4 N–H and O–H groups in total. The summed E-state index contributed by atoms with van der Waals surface area (Å²) >= 11 is 0. The summed E-state index contributed by atoms with van der Waals surface area (Å²) < 4.78 is 0. The Hall–Kier alpha value is -1.66. The number of aliphatic carboxylic acids is 1. The maximum atomic E-state index is 10.3. The molecule has 0 aliphatic heterocycles. The van der Waals surface area contributed by atoms with Crippen molar-refractivity contribution in [2.75, 3.05) is 0 Å². The molecule has 0 amide bonds. The second-order valence-corrected chi connectivity index (χ2v) is 3.02. The number of pyridine rings is 1. The van der Waals surface area contributed by atoms with Crippen LogP contribution in [0.4, 0.5) is 0 Å². The first-order chi connectivity index (χ1) is 7.02. The van der Waals surface area contributed by atoms with E-state index in [0.29, 0.717) is 0 Å². The molecule has 15 heavy (non-hydrogen) atoms. The average Bonchev–Trinajstić information content (AvgIpc) is 2.16. The molecule has 2 atom stereocenters. The predicted octanol–water partition coefficient (Wildman–Crippen LogP) is -0.344. The highest BCUT2D eigenvalue weighted by atomic mass is 16.4. The van der Waals surface area contributed by atoms with Crippen LogP contribution in [0, 0.1) is 0 Å². The number of carboxylic acid groups (broad SMARTS) is 1. The van der Waals surface area contributed by atoms with E-state index in [1.54, 1.807) is 0 Å². The lowest BCUT2D eigenvalue weighted by atomic mass is 10.1. The second-order valence-electron chi connectivity index (χ2n) is 3.02. The van der Waals surface area contributed by atoms with Gasteiger partial charge in [-0.3, -0.25) is 9.78 Å². The van der Waals surface area contributed by atoms with E-state index < -0.39 is 24.6 Å². The molecule has 0 saturated carbocycles. The highest BCUT2D eigenvalue weighted by Crippen LogP contribution is 2.24. The standard InChI is InChI=1S/C9H11NO5/c11-5-2-1-3-10-8(5)9(15)6(12)4-7(13)14/h1-3,6,9,11-12,15H,4H2,(H,13,14). The number of aromatic hydroxyl groups is 1. The lowest BCUT2D eigenvalue weighted by Gasteiger charge is -2.16. The summed E-state index contributed by atoms with van der Waals surface area (Å²) in [6, 6.07) is 2.74. The Labute approximate surface area is 85.4 Å². The van der Waals surface area contributed by atoms with Crippen LogP contribution in [0.15, 0.2) is 18.3 Å². The first kappa shape index (κ1) is 11.4. The summed E-state index contributed by atoms with van der Waals surface area (Å²) in [7, 11) is 0. The third-order valence-corrected chi connectivity index (χ3v) is 1.84. The van der Waals surface area contributed by atoms with Crippen molar-refractivity contribution in [2.24, 2.45) is 0 Å². The molecular formula is C9H11NO5. The van der Waals surface area contributed by atoms with Gasteiger partial charge >= 0.3 is 5.97 Å². The van der Waals surface area contributed by atoms with E-state index in [1.165, 1.54) is 18.3 Å². The van der Waals surface area contributed by atoms with Gasteiger partial charge in [0.25, 0.3) is 0 Å². The summed E-state index contributed by atoms with van der Waals surface area (Å²) in [5.41, 5.74) is -0.133. The van der Waals surface area contributed by atoms with Gasteiger partial charge in [0.1, 0.15) is 17.5 Å². The second kappa shape index (κ2) is 4.72. The molecule has 0 aliphatic carbocycles. The molecule has 1 aromatic rings. The number of hydrogen-bond donors (Lipinski definition) is 4.